The van der Waals surface area contributed by atoms with Crippen LogP contribution in [0.5, 0.6) is 0 Å². The first kappa shape index (κ1) is 13.7. The van der Waals surface area contributed by atoms with Crippen LogP contribution in [0.25, 0.3) is 0 Å². The van der Waals surface area contributed by atoms with Crippen LogP contribution < -0.4 is 22.3 Å². The quantitative estimate of drug-likeness (QED) is 0.133. The van der Waals surface area contributed by atoms with Crippen molar-refractivity contribution in [2.45, 2.75) is 12.8 Å². The summed E-state index contributed by atoms with van der Waals surface area (Å²) in [5.41, 5.74) is 7.37. The predicted octanol–water partition coefficient (Wildman–Crippen LogP) is -1.69. The van der Waals surface area contributed by atoms with Gasteiger partial charge < -0.3 is 15.8 Å². The fraction of sp³-hybridized carbons (Fsp3) is 0.750. The number of guanidine groups is 1. The third-order valence-electron chi connectivity index (χ3n) is 1.58. The second-order valence-corrected chi connectivity index (χ2v) is 2.86. The van der Waals surface area contributed by atoms with E-state index in [-0.39, 0.29) is 12.3 Å². The number of primary amides is 1. The van der Waals surface area contributed by atoms with E-state index in [9.17, 15) is 4.79 Å². The van der Waals surface area contributed by atoms with Gasteiger partial charge in [0.25, 0.3) is 0 Å². The van der Waals surface area contributed by atoms with Gasteiger partial charge in [-0.3, -0.25) is 15.2 Å². The highest BCUT2D eigenvalue weighted by atomic mass is 16.5. The summed E-state index contributed by atoms with van der Waals surface area (Å²) in [4.78, 5) is 14.6. The average Bonchev–Trinajstić information content (AvgIpc) is 2.21. The van der Waals surface area contributed by atoms with E-state index in [1.54, 1.807) is 7.11 Å². The molecule has 15 heavy (non-hydrogen) atoms. The first-order valence-corrected chi connectivity index (χ1v) is 4.73. The molecule has 0 aromatic carbocycles. The molecular formula is C8H19N5O2. The van der Waals surface area contributed by atoms with Crippen molar-refractivity contribution < 1.29 is 9.53 Å². The van der Waals surface area contributed by atoms with Crippen molar-refractivity contribution in [3.05, 3.63) is 0 Å². The van der Waals surface area contributed by atoms with Gasteiger partial charge in [-0.2, -0.15) is 0 Å². The molecule has 0 saturated heterocycles. The molecular weight excluding hydrogens is 198 g/mol. The van der Waals surface area contributed by atoms with Crippen LogP contribution in [0.1, 0.15) is 12.8 Å². The summed E-state index contributed by atoms with van der Waals surface area (Å²) in [5.74, 6) is 5.30. The Hall–Kier alpha value is -1.34. The summed E-state index contributed by atoms with van der Waals surface area (Å²) < 4.78 is 4.87. The number of carbonyl (C=O) groups excluding carboxylic acids is 1. The topological polar surface area (TPSA) is 115 Å². The van der Waals surface area contributed by atoms with Gasteiger partial charge in [0.1, 0.15) is 0 Å². The molecule has 1 amide bonds. The Morgan fingerprint density at radius 2 is 2.27 bits per heavy atom. The van der Waals surface area contributed by atoms with Crippen LogP contribution in [0.15, 0.2) is 4.99 Å². The van der Waals surface area contributed by atoms with E-state index in [2.05, 4.69) is 15.7 Å². The molecule has 0 aliphatic carbocycles. The Kier molecular flexibility index (Phi) is 8.40. The van der Waals surface area contributed by atoms with Crippen molar-refractivity contribution in [3.8, 4) is 0 Å². The second kappa shape index (κ2) is 9.22. The first-order valence-electron chi connectivity index (χ1n) is 4.73. The van der Waals surface area contributed by atoms with Gasteiger partial charge in [0.05, 0.1) is 0 Å². The smallest absolute Gasteiger partial charge is 0.219 e. The van der Waals surface area contributed by atoms with Crippen molar-refractivity contribution in [2.24, 2.45) is 16.6 Å². The second-order valence-electron chi connectivity index (χ2n) is 2.86. The highest BCUT2D eigenvalue weighted by Gasteiger charge is 1.97. The SMILES string of the molecule is COCCCN=C(NN)NCCC(N)=O. The molecule has 0 saturated carbocycles. The Morgan fingerprint density at radius 3 is 2.80 bits per heavy atom. The molecule has 0 fully saturated rings. The molecule has 0 spiro atoms. The lowest BCUT2D eigenvalue weighted by atomic mass is 10.4. The number of hydrogen-bond acceptors (Lipinski definition) is 4. The molecule has 0 radical (unpaired) electrons. The Morgan fingerprint density at radius 1 is 1.53 bits per heavy atom. The summed E-state index contributed by atoms with van der Waals surface area (Å²) in [6.45, 7) is 1.68. The number of nitrogens with two attached hydrogens (primary N) is 2. The standard InChI is InChI=1S/C8H19N5O2/c1-15-6-2-4-11-8(13-10)12-5-3-7(9)14/h2-6,10H2,1H3,(H2,9,14)(H2,11,12,13). The molecule has 6 N–H and O–H groups in total. The minimum absolute atomic E-state index is 0.249. The fourth-order valence-corrected chi connectivity index (χ4v) is 0.856. The third-order valence-corrected chi connectivity index (χ3v) is 1.58. The average molecular weight is 217 g/mol. The molecule has 7 heteroatoms. The molecule has 7 nitrogen and oxygen atoms in total. The largest absolute Gasteiger partial charge is 0.385 e. The van der Waals surface area contributed by atoms with E-state index in [4.69, 9.17) is 16.3 Å². The maximum atomic E-state index is 10.4. The van der Waals surface area contributed by atoms with E-state index < -0.39 is 0 Å². The summed E-state index contributed by atoms with van der Waals surface area (Å²) in [7, 11) is 1.64. The zero-order valence-electron chi connectivity index (χ0n) is 8.95. The number of ether oxygens (including phenoxy) is 1. The zero-order valence-corrected chi connectivity index (χ0v) is 8.95. The van der Waals surface area contributed by atoms with Crippen LogP contribution in [-0.2, 0) is 9.53 Å². The molecule has 88 valence electrons. The number of carbonyl (C=O) groups is 1. The predicted molar refractivity (Wildman–Crippen MR) is 57.9 cm³/mol. The van der Waals surface area contributed by atoms with Gasteiger partial charge in [-0.05, 0) is 6.42 Å². The minimum atomic E-state index is -0.363. The van der Waals surface area contributed by atoms with Gasteiger partial charge in [-0.1, -0.05) is 0 Å². The fourth-order valence-electron chi connectivity index (χ4n) is 0.856. The van der Waals surface area contributed by atoms with E-state index in [1.165, 1.54) is 0 Å². The van der Waals surface area contributed by atoms with Crippen LogP contribution in [0, 0.1) is 0 Å². The van der Waals surface area contributed by atoms with Crippen molar-refractivity contribution in [1.82, 2.24) is 10.7 Å². The molecule has 0 unspecified atom stereocenters. The van der Waals surface area contributed by atoms with E-state index in [1.807, 2.05) is 0 Å². The highest BCUT2D eigenvalue weighted by Crippen LogP contribution is 1.82. The molecule has 0 heterocycles. The Balaban J connectivity index is 3.65. The highest BCUT2D eigenvalue weighted by molar-refractivity contribution is 5.80. The monoisotopic (exact) mass is 217 g/mol. The number of rotatable bonds is 7. The van der Waals surface area contributed by atoms with Gasteiger partial charge in [0.15, 0.2) is 0 Å². The molecule has 0 aliphatic rings. The number of hydrazine groups is 1. The van der Waals surface area contributed by atoms with Crippen LogP contribution in [0.3, 0.4) is 0 Å². The molecule has 0 aliphatic heterocycles. The van der Waals surface area contributed by atoms with Crippen molar-refractivity contribution in [2.75, 3.05) is 26.8 Å². The van der Waals surface area contributed by atoms with Gasteiger partial charge in [0, 0.05) is 33.2 Å². The minimum Gasteiger partial charge on any atom is -0.385 e. The van der Waals surface area contributed by atoms with Crippen LogP contribution >= 0.6 is 0 Å². The van der Waals surface area contributed by atoms with Crippen molar-refractivity contribution >= 4 is 11.9 Å². The lowest BCUT2D eigenvalue weighted by molar-refractivity contribution is -0.117. The summed E-state index contributed by atoms with van der Waals surface area (Å²) in [5, 5.41) is 2.85. The van der Waals surface area contributed by atoms with Crippen molar-refractivity contribution in [1.29, 1.82) is 0 Å². The number of amides is 1. The molecule has 0 atom stereocenters. The maximum absolute atomic E-state index is 10.4. The van der Waals surface area contributed by atoms with Crippen LogP contribution in [-0.4, -0.2) is 38.7 Å². The van der Waals surface area contributed by atoms with Crippen molar-refractivity contribution in [3.63, 3.8) is 0 Å². The first-order chi connectivity index (χ1) is 7.20. The summed E-state index contributed by atoms with van der Waals surface area (Å²) >= 11 is 0. The van der Waals surface area contributed by atoms with E-state index in [0.29, 0.717) is 25.7 Å². The van der Waals surface area contributed by atoms with Crippen LogP contribution in [0.2, 0.25) is 0 Å². The lowest BCUT2D eigenvalue weighted by Crippen LogP contribution is -2.42. The Labute approximate surface area is 89.2 Å². The number of nitrogens with one attached hydrogen (secondary N) is 2. The Bertz CT molecular complexity index is 207. The summed E-state index contributed by atoms with van der Waals surface area (Å²) in [6, 6.07) is 0. The van der Waals surface area contributed by atoms with E-state index in [0.717, 1.165) is 6.42 Å². The number of methoxy groups -OCH3 is 1. The van der Waals surface area contributed by atoms with Gasteiger partial charge >= 0.3 is 0 Å². The zero-order chi connectivity index (χ0) is 11.5. The van der Waals surface area contributed by atoms with Gasteiger partial charge in [-0.25, -0.2) is 5.84 Å². The number of aliphatic imine (C=N–C) groups is 1. The van der Waals surface area contributed by atoms with Gasteiger partial charge in [-0.15, -0.1) is 0 Å². The molecule has 0 bridgehead atoms. The molecule has 0 aromatic rings. The molecule has 0 rings (SSSR count). The molecule has 0 aromatic heterocycles. The maximum Gasteiger partial charge on any atom is 0.219 e. The third kappa shape index (κ3) is 8.98. The van der Waals surface area contributed by atoms with E-state index >= 15 is 0 Å². The normalized spacial score (nSPS) is 11.2. The number of nitrogens with zero attached hydrogens (tertiary/aromatic N) is 1. The summed E-state index contributed by atoms with van der Waals surface area (Å²) in [6.07, 6.45) is 1.07. The lowest BCUT2D eigenvalue weighted by Gasteiger charge is -2.07. The van der Waals surface area contributed by atoms with Crippen LogP contribution in [0.4, 0.5) is 0 Å². The van der Waals surface area contributed by atoms with Gasteiger partial charge in [0.2, 0.25) is 11.9 Å². The number of hydrogen-bond donors (Lipinski definition) is 4.